The molecule has 4 aromatic rings. The molecule has 0 spiro atoms. The zero-order valence-corrected chi connectivity index (χ0v) is 25.2. The predicted molar refractivity (Wildman–Crippen MR) is 161 cm³/mol. The Balaban J connectivity index is 1.49. The standard InChI is InChI=1S/C30H25N5O7S2/c1-3-6-19-25(28(37)40-4-2)26(18-8-9-21-22(15-18)42-16-41-21)34-27(36)24(44-30(34)33-19)14-17-7-10-23(20(13-17)35(38)39)43-29-31-11-5-12-32-29/h5,7-15,26H,3-4,6,16H2,1-2H3/b24-14+/t26-/m1/s1. The van der Waals surface area contributed by atoms with Crippen molar-refractivity contribution < 1.29 is 23.9 Å². The van der Waals surface area contributed by atoms with Gasteiger partial charge in [0.05, 0.1) is 38.3 Å². The van der Waals surface area contributed by atoms with E-state index >= 15 is 0 Å². The van der Waals surface area contributed by atoms with Crippen LogP contribution in [-0.2, 0) is 9.53 Å². The maximum atomic E-state index is 14.0. The number of nitrogens with zero attached hydrogens (tertiary/aromatic N) is 5. The summed E-state index contributed by atoms with van der Waals surface area (Å²) in [6.45, 7) is 3.93. The second-order valence-electron chi connectivity index (χ2n) is 9.64. The highest BCUT2D eigenvalue weighted by Gasteiger charge is 2.35. The number of hydrogen-bond acceptors (Lipinski definition) is 12. The molecule has 1 atom stereocenters. The Bertz CT molecular complexity index is 1990. The number of hydrogen-bond donors (Lipinski definition) is 0. The first-order valence-electron chi connectivity index (χ1n) is 13.7. The molecule has 0 amide bonds. The largest absolute Gasteiger partial charge is 0.463 e. The predicted octanol–water partition coefficient (Wildman–Crippen LogP) is 4.16. The van der Waals surface area contributed by atoms with E-state index in [-0.39, 0.29) is 24.7 Å². The highest BCUT2D eigenvalue weighted by Crippen LogP contribution is 2.39. The highest BCUT2D eigenvalue weighted by molar-refractivity contribution is 7.99. The number of benzene rings is 2. The van der Waals surface area contributed by atoms with Crippen molar-refractivity contribution in [3.05, 3.63) is 107 Å². The van der Waals surface area contributed by atoms with Crippen LogP contribution in [0.25, 0.3) is 6.08 Å². The smallest absolute Gasteiger partial charge is 0.338 e. The average Bonchev–Trinajstić information content (AvgIpc) is 3.61. The molecule has 2 aliphatic heterocycles. The molecule has 0 aliphatic carbocycles. The first-order valence-corrected chi connectivity index (χ1v) is 15.4. The summed E-state index contributed by atoms with van der Waals surface area (Å²) in [5.74, 6) is 0.523. The Morgan fingerprint density at radius 1 is 1.18 bits per heavy atom. The number of ether oxygens (including phenoxy) is 3. The molecule has 2 aromatic heterocycles. The first-order chi connectivity index (χ1) is 21.4. The Labute approximate surface area is 258 Å². The summed E-state index contributed by atoms with van der Waals surface area (Å²) in [7, 11) is 0. The van der Waals surface area contributed by atoms with Crippen molar-refractivity contribution in [2.45, 2.75) is 42.8 Å². The number of allylic oxidation sites excluding steroid dienone is 1. The summed E-state index contributed by atoms with van der Waals surface area (Å²) in [6, 6.07) is 10.8. The van der Waals surface area contributed by atoms with Gasteiger partial charge in [-0.1, -0.05) is 36.8 Å². The van der Waals surface area contributed by atoms with E-state index in [1.165, 1.54) is 10.6 Å². The lowest BCUT2D eigenvalue weighted by Crippen LogP contribution is -2.40. The zero-order valence-electron chi connectivity index (χ0n) is 23.6. The molecule has 14 heteroatoms. The number of esters is 1. The fourth-order valence-corrected chi connectivity index (χ4v) is 6.78. The van der Waals surface area contributed by atoms with Crippen LogP contribution in [0.1, 0.15) is 43.9 Å². The molecule has 0 bridgehead atoms. The normalized spacial score (nSPS) is 15.6. The van der Waals surface area contributed by atoms with Crippen LogP contribution >= 0.6 is 23.1 Å². The van der Waals surface area contributed by atoms with Gasteiger partial charge in [0.2, 0.25) is 6.79 Å². The number of rotatable bonds is 9. The van der Waals surface area contributed by atoms with Crippen molar-refractivity contribution in [1.82, 2.24) is 14.5 Å². The van der Waals surface area contributed by atoms with Gasteiger partial charge in [-0.2, -0.15) is 0 Å². The first kappa shape index (κ1) is 29.3. The topological polar surface area (TPSA) is 148 Å². The van der Waals surface area contributed by atoms with Gasteiger partial charge in [-0.25, -0.2) is 19.8 Å². The monoisotopic (exact) mass is 631 g/mol. The minimum atomic E-state index is -0.831. The third kappa shape index (κ3) is 5.61. The average molecular weight is 632 g/mol. The molecule has 44 heavy (non-hydrogen) atoms. The highest BCUT2D eigenvalue weighted by atomic mass is 32.2. The molecule has 6 rings (SSSR count). The van der Waals surface area contributed by atoms with Crippen molar-refractivity contribution >= 4 is 40.8 Å². The van der Waals surface area contributed by atoms with Gasteiger partial charge in [0.15, 0.2) is 21.5 Å². The zero-order chi connectivity index (χ0) is 30.8. The van der Waals surface area contributed by atoms with E-state index in [1.807, 2.05) is 6.92 Å². The summed E-state index contributed by atoms with van der Waals surface area (Å²) < 4.78 is 18.3. The van der Waals surface area contributed by atoms with Gasteiger partial charge in [0.1, 0.15) is 0 Å². The Morgan fingerprint density at radius 3 is 2.73 bits per heavy atom. The Hall–Kier alpha value is -4.82. The second kappa shape index (κ2) is 12.4. The minimum Gasteiger partial charge on any atom is -0.463 e. The molecule has 2 aromatic carbocycles. The van der Waals surface area contributed by atoms with Gasteiger partial charge in [-0.3, -0.25) is 19.5 Å². The van der Waals surface area contributed by atoms with Crippen LogP contribution in [-0.4, -0.2) is 38.8 Å². The molecule has 0 radical (unpaired) electrons. The lowest BCUT2D eigenvalue weighted by Gasteiger charge is -2.25. The van der Waals surface area contributed by atoms with Crippen molar-refractivity contribution in [2.24, 2.45) is 4.99 Å². The van der Waals surface area contributed by atoms with E-state index in [2.05, 4.69) is 9.97 Å². The number of thiazole rings is 1. The van der Waals surface area contributed by atoms with Crippen LogP contribution in [0, 0.1) is 10.1 Å². The quantitative estimate of drug-likeness (QED) is 0.114. The maximum Gasteiger partial charge on any atom is 0.338 e. The van der Waals surface area contributed by atoms with Crippen molar-refractivity contribution in [1.29, 1.82) is 0 Å². The molecule has 224 valence electrons. The molecular weight excluding hydrogens is 606 g/mol. The minimum absolute atomic E-state index is 0.0744. The molecular formula is C30H25N5O7S2. The molecule has 0 N–H and O–H groups in total. The van der Waals surface area contributed by atoms with Crippen LogP contribution in [0.2, 0.25) is 0 Å². The lowest BCUT2D eigenvalue weighted by atomic mass is 9.94. The van der Waals surface area contributed by atoms with Gasteiger partial charge in [0.25, 0.3) is 11.2 Å². The lowest BCUT2D eigenvalue weighted by molar-refractivity contribution is -0.387. The number of nitro groups is 1. The summed E-state index contributed by atoms with van der Waals surface area (Å²) in [5, 5.41) is 12.3. The Kier molecular flexibility index (Phi) is 8.26. The molecule has 0 fully saturated rings. The van der Waals surface area contributed by atoms with E-state index < -0.39 is 22.5 Å². The van der Waals surface area contributed by atoms with E-state index in [0.29, 0.717) is 60.6 Å². The van der Waals surface area contributed by atoms with Gasteiger partial charge in [0, 0.05) is 18.5 Å². The molecule has 0 saturated carbocycles. The fourth-order valence-electron chi connectivity index (χ4n) is 4.96. The fraction of sp³-hybridized carbons (Fsp3) is 0.233. The molecule has 2 aliphatic rings. The van der Waals surface area contributed by atoms with Crippen molar-refractivity contribution in [2.75, 3.05) is 13.4 Å². The van der Waals surface area contributed by atoms with Crippen molar-refractivity contribution in [3.63, 3.8) is 0 Å². The van der Waals surface area contributed by atoms with Gasteiger partial charge in [-0.15, -0.1) is 0 Å². The molecule has 0 saturated heterocycles. The molecule has 0 unspecified atom stereocenters. The number of nitro benzene ring substituents is 1. The van der Waals surface area contributed by atoms with Gasteiger partial charge in [-0.05, 0) is 66.6 Å². The summed E-state index contributed by atoms with van der Waals surface area (Å²) >= 11 is 2.23. The van der Waals surface area contributed by atoms with Crippen LogP contribution in [0.3, 0.4) is 0 Å². The second-order valence-corrected chi connectivity index (χ2v) is 11.7. The van der Waals surface area contributed by atoms with Gasteiger partial charge < -0.3 is 14.2 Å². The number of carbonyl (C=O) groups excluding carboxylic acids is 1. The SMILES string of the molecule is CCCC1=C(C(=O)OCC)[C@@H](c2ccc3c(c2)OCO3)n2c(s/c(=C/c3ccc(Sc4ncccn4)c([N+](=O)[O-])c3)c2=O)=N1. The number of carbonyl (C=O) groups is 1. The van der Waals surface area contributed by atoms with Crippen LogP contribution in [0.4, 0.5) is 5.69 Å². The summed E-state index contributed by atoms with van der Waals surface area (Å²) in [4.78, 5) is 52.7. The van der Waals surface area contributed by atoms with E-state index in [1.54, 1.807) is 61.8 Å². The maximum absolute atomic E-state index is 14.0. The summed E-state index contributed by atoms with van der Waals surface area (Å²) in [5.41, 5.74) is 1.38. The van der Waals surface area contributed by atoms with Crippen molar-refractivity contribution in [3.8, 4) is 11.5 Å². The van der Waals surface area contributed by atoms with Gasteiger partial charge >= 0.3 is 5.97 Å². The van der Waals surface area contributed by atoms with Crippen LogP contribution in [0.5, 0.6) is 11.5 Å². The van der Waals surface area contributed by atoms with E-state index in [4.69, 9.17) is 19.2 Å². The molecule has 12 nitrogen and oxygen atoms in total. The van der Waals surface area contributed by atoms with Crippen LogP contribution < -0.4 is 24.4 Å². The van der Waals surface area contributed by atoms with E-state index in [0.717, 1.165) is 23.1 Å². The Morgan fingerprint density at radius 2 is 1.98 bits per heavy atom. The van der Waals surface area contributed by atoms with E-state index in [9.17, 15) is 19.7 Å². The third-order valence-corrected chi connectivity index (χ3v) is 8.77. The molecule has 4 heterocycles. The third-order valence-electron chi connectivity index (χ3n) is 6.83. The van der Waals surface area contributed by atoms with Crippen LogP contribution in [0.15, 0.2) is 86.0 Å². The summed E-state index contributed by atoms with van der Waals surface area (Å²) in [6.07, 6.45) is 5.92. The number of aromatic nitrogens is 3. The number of fused-ring (bicyclic) bond motifs is 2.